The second kappa shape index (κ2) is 12.9. The summed E-state index contributed by atoms with van der Waals surface area (Å²) in [4.78, 5) is 63.4. The summed E-state index contributed by atoms with van der Waals surface area (Å²) in [7, 11) is 0. The van der Waals surface area contributed by atoms with Crippen molar-refractivity contribution in [3.05, 3.63) is 23.4 Å². The third-order valence-electron chi connectivity index (χ3n) is 6.39. The SMILES string of the molecule is CCC1=CC=C(NC(=O)[C@H](C)NC(=O)C(NC(=O)CCN2C(=O)CC(SC)C2=O)C(C)C)C(C)C1. The Morgan fingerprint density at radius 1 is 1.09 bits per heavy atom. The number of nitrogens with zero attached hydrogens (tertiary/aromatic N) is 1. The summed E-state index contributed by atoms with van der Waals surface area (Å²) in [6, 6.07) is -1.65. The van der Waals surface area contributed by atoms with Gasteiger partial charge in [0.05, 0.1) is 5.25 Å². The Morgan fingerprint density at radius 2 is 1.77 bits per heavy atom. The molecule has 0 radical (unpaired) electrons. The smallest absolute Gasteiger partial charge is 0.246 e. The lowest BCUT2D eigenvalue weighted by Crippen LogP contribution is -2.54. The maximum absolute atomic E-state index is 12.9. The van der Waals surface area contributed by atoms with Crippen molar-refractivity contribution in [2.75, 3.05) is 12.8 Å². The summed E-state index contributed by atoms with van der Waals surface area (Å²) in [6.07, 6.45) is 7.61. The minimum absolute atomic E-state index is 0.0205. The van der Waals surface area contributed by atoms with Gasteiger partial charge in [-0.05, 0) is 43.9 Å². The normalized spacial score (nSPS) is 21.9. The zero-order valence-corrected chi connectivity index (χ0v) is 22.3. The molecule has 1 aliphatic carbocycles. The van der Waals surface area contributed by atoms with Crippen LogP contribution in [0.5, 0.6) is 0 Å². The molecule has 1 fully saturated rings. The fourth-order valence-corrected chi connectivity index (χ4v) is 4.69. The van der Waals surface area contributed by atoms with Gasteiger partial charge in [-0.3, -0.25) is 28.9 Å². The molecule has 0 bridgehead atoms. The zero-order chi connectivity index (χ0) is 26.3. The van der Waals surface area contributed by atoms with Crippen molar-refractivity contribution in [1.82, 2.24) is 20.9 Å². The van der Waals surface area contributed by atoms with Crippen LogP contribution in [0, 0.1) is 11.8 Å². The summed E-state index contributed by atoms with van der Waals surface area (Å²) >= 11 is 1.32. The third-order valence-corrected chi connectivity index (χ3v) is 7.32. The quantitative estimate of drug-likeness (QED) is 0.368. The highest BCUT2D eigenvalue weighted by Gasteiger charge is 2.38. The summed E-state index contributed by atoms with van der Waals surface area (Å²) in [5, 5.41) is 7.87. The fourth-order valence-electron chi connectivity index (χ4n) is 4.06. The molecule has 0 aromatic heterocycles. The average molecular weight is 507 g/mol. The Labute approximate surface area is 211 Å². The van der Waals surface area contributed by atoms with E-state index < -0.39 is 29.1 Å². The lowest BCUT2D eigenvalue weighted by atomic mass is 9.91. The number of amides is 5. The lowest BCUT2D eigenvalue weighted by Gasteiger charge is -2.26. The van der Waals surface area contributed by atoms with Crippen molar-refractivity contribution >= 4 is 41.3 Å². The van der Waals surface area contributed by atoms with Crippen LogP contribution in [0.1, 0.15) is 60.3 Å². The van der Waals surface area contributed by atoms with Crippen LogP contribution in [0.25, 0.3) is 0 Å². The van der Waals surface area contributed by atoms with Gasteiger partial charge in [0, 0.05) is 25.1 Å². The molecule has 4 atom stereocenters. The van der Waals surface area contributed by atoms with Gasteiger partial charge in [-0.2, -0.15) is 11.8 Å². The number of hydrogen-bond acceptors (Lipinski definition) is 6. The molecule has 2 aliphatic rings. The highest BCUT2D eigenvalue weighted by Crippen LogP contribution is 2.25. The molecule has 9 nitrogen and oxygen atoms in total. The number of nitrogens with one attached hydrogen (secondary N) is 3. The summed E-state index contributed by atoms with van der Waals surface area (Å²) in [5.74, 6) is -1.85. The van der Waals surface area contributed by atoms with E-state index in [9.17, 15) is 24.0 Å². The molecular formula is C25H38N4O5S. The third kappa shape index (κ3) is 7.68. The van der Waals surface area contributed by atoms with Gasteiger partial charge in [-0.1, -0.05) is 39.3 Å². The topological polar surface area (TPSA) is 125 Å². The van der Waals surface area contributed by atoms with E-state index in [1.54, 1.807) is 27.0 Å². The summed E-state index contributed by atoms with van der Waals surface area (Å²) in [6.45, 7) is 9.31. The fraction of sp³-hybridized carbons (Fsp3) is 0.640. The predicted molar refractivity (Wildman–Crippen MR) is 136 cm³/mol. The van der Waals surface area contributed by atoms with Gasteiger partial charge in [0.2, 0.25) is 29.5 Å². The second-order valence-electron chi connectivity index (χ2n) is 9.48. The van der Waals surface area contributed by atoms with E-state index >= 15 is 0 Å². The largest absolute Gasteiger partial charge is 0.344 e. The second-order valence-corrected chi connectivity index (χ2v) is 10.5. The number of imide groups is 1. The van der Waals surface area contributed by atoms with Gasteiger partial charge in [-0.25, -0.2) is 0 Å². The molecular weight excluding hydrogens is 468 g/mol. The number of hydrogen-bond donors (Lipinski definition) is 3. The van der Waals surface area contributed by atoms with Crippen LogP contribution in [0.3, 0.4) is 0 Å². The molecule has 1 aliphatic heterocycles. The number of allylic oxidation sites excluding steroid dienone is 4. The molecule has 0 aromatic rings. The Kier molecular flexibility index (Phi) is 10.5. The maximum atomic E-state index is 12.9. The predicted octanol–water partition coefficient (Wildman–Crippen LogP) is 1.89. The van der Waals surface area contributed by atoms with Gasteiger partial charge >= 0.3 is 0 Å². The maximum Gasteiger partial charge on any atom is 0.246 e. The molecule has 1 heterocycles. The molecule has 5 amide bonds. The van der Waals surface area contributed by atoms with Crippen molar-refractivity contribution in [3.8, 4) is 0 Å². The molecule has 3 unspecified atom stereocenters. The Bertz CT molecular complexity index is 914. The van der Waals surface area contributed by atoms with Crippen LogP contribution in [-0.2, 0) is 24.0 Å². The van der Waals surface area contributed by atoms with E-state index in [0.29, 0.717) is 0 Å². The summed E-state index contributed by atoms with van der Waals surface area (Å²) in [5.41, 5.74) is 2.15. The monoisotopic (exact) mass is 506 g/mol. The van der Waals surface area contributed by atoms with Crippen molar-refractivity contribution in [2.24, 2.45) is 11.8 Å². The van der Waals surface area contributed by atoms with Crippen molar-refractivity contribution in [3.63, 3.8) is 0 Å². The number of carbonyl (C=O) groups is 5. The first kappa shape index (κ1) is 28.6. The molecule has 3 N–H and O–H groups in total. The van der Waals surface area contributed by atoms with E-state index in [0.717, 1.165) is 23.4 Å². The van der Waals surface area contributed by atoms with Crippen LogP contribution in [-0.4, -0.2) is 64.6 Å². The van der Waals surface area contributed by atoms with E-state index in [4.69, 9.17) is 0 Å². The van der Waals surface area contributed by atoms with Crippen LogP contribution in [0.15, 0.2) is 23.4 Å². The van der Waals surface area contributed by atoms with Gasteiger partial charge in [0.1, 0.15) is 12.1 Å². The Balaban J connectivity index is 1.90. The highest BCUT2D eigenvalue weighted by atomic mass is 32.2. The van der Waals surface area contributed by atoms with Gasteiger partial charge < -0.3 is 16.0 Å². The van der Waals surface area contributed by atoms with Gasteiger partial charge in [0.25, 0.3) is 0 Å². The molecule has 1 saturated heterocycles. The molecule has 194 valence electrons. The molecule has 0 aromatic carbocycles. The van der Waals surface area contributed by atoms with E-state index in [1.807, 2.05) is 19.1 Å². The molecule has 10 heteroatoms. The van der Waals surface area contributed by atoms with Crippen LogP contribution < -0.4 is 16.0 Å². The van der Waals surface area contributed by atoms with Crippen LogP contribution in [0.2, 0.25) is 0 Å². The molecule has 0 spiro atoms. The first-order valence-corrected chi connectivity index (χ1v) is 13.4. The van der Waals surface area contributed by atoms with Gasteiger partial charge in [-0.15, -0.1) is 0 Å². The zero-order valence-electron chi connectivity index (χ0n) is 21.5. The average Bonchev–Trinajstić information content (AvgIpc) is 3.09. The lowest BCUT2D eigenvalue weighted by molar-refractivity contribution is -0.139. The molecule has 0 saturated carbocycles. The first-order chi connectivity index (χ1) is 16.5. The molecule has 2 rings (SSSR count). The van der Waals surface area contributed by atoms with Crippen molar-refractivity contribution in [2.45, 2.75) is 77.6 Å². The molecule has 35 heavy (non-hydrogen) atoms. The van der Waals surface area contributed by atoms with Crippen molar-refractivity contribution < 1.29 is 24.0 Å². The Hall–Kier alpha value is -2.62. The minimum atomic E-state index is -0.857. The van der Waals surface area contributed by atoms with Crippen LogP contribution in [0.4, 0.5) is 0 Å². The number of rotatable bonds is 11. The van der Waals surface area contributed by atoms with Crippen molar-refractivity contribution in [1.29, 1.82) is 0 Å². The number of likely N-dealkylation sites (tertiary alicyclic amines) is 1. The summed E-state index contributed by atoms with van der Waals surface area (Å²) < 4.78 is 0. The Morgan fingerprint density at radius 3 is 2.31 bits per heavy atom. The number of carbonyl (C=O) groups excluding carboxylic acids is 5. The standard InChI is InChI=1S/C25H38N4O5S/c1-7-17-8-9-18(15(4)12-17)27-23(32)16(5)26-24(33)22(14(2)3)28-20(30)10-11-29-21(31)13-19(35-6)25(29)34/h8-9,14-16,19,22H,7,10-13H2,1-6H3,(H,26,33)(H,27,32)(H,28,30)/t15?,16-,19?,22?/m0/s1. The van der Waals surface area contributed by atoms with E-state index in [-0.39, 0.29) is 48.9 Å². The van der Waals surface area contributed by atoms with Crippen LogP contribution >= 0.6 is 11.8 Å². The first-order valence-electron chi connectivity index (χ1n) is 12.2. The number of thioether (sulfide) groups is 1. The van der Waals surface area contributed by atoms with E-state index in [1.165, 1.54) is 17.3 Å². The highest BCUT2D eigenvalue weighted by molar-refractivity contribution is 8.00. The minimum Gasteiger partial charge on any atom is -0.344 e. The van der Waals surface area contributed by atoms with E-state index in [2.05, 4.69) is 22.9 Å². The van der Waals surface area contributed by atoms with Gasteiger partial charge in [0.15, 0.2) is 0 Å².